The molecule has 146 valence electrons. The van der Waals surface area contributed by atoms with Crippen LogP contribution in [0.15, 0.2) is 4.99 Å². The maximum Gasteiger partial charge on any atom is 0.293 e. The van der Waals surface area contributed by atoms with E-state index in [0.717, 1.165) is 0 Å². The molecule has 6 unspecified atom stereocenters. The highest BCUT2D eigenvalue weighted by Crippen LogP contribution is 2.68. The van der Waals surface area contributed by atoms with E-state index in [0.29, 0.717) is 6.42 Å². The molecule has 27 heavy (non-hydrogen) atoms. The van der Waals surface area contributed by atoms with Crippen molar-refractivity contribution in [1.82, 2.24) is 10.0 Å². The molecule has 2 aliphatic heterocycles. The Bertz CT molecular complexity index is 772. The average Bonchev–Trinajstić information content (AvgIpc) is 3.19. The number of carbonyl (C=O) groups is 1. The Morgan fingerprint density at radius 3 is 2.56 bits per heavy atom. The number of nitrogens with two attached hydrogens (primary N) is 1. The van der Waals surface area contributed by atoms with Gasteiger partial charge in [0.2, 0.25) is 5.91 Å². The third-order valence-corrected chi connectivity index (χ3v) is 6.00. The lowest BCUT2D eigenvalue weighted by Crippen LogP contribution is -2.62. The monoisotopic (exact) mass is 376 g/mol. The highest BCUT2D eigenvalue weighted by molar-refractivity contribution is 5.95. The molecule has 1 saturated heterocycles. The van der Waals surface area contributed by atoms with Gasteiger partial charge in [-0.1, -0.05) is 6.92 Å². The number of nitrogens with zero attached hydrogens (tertiary/aromatic N) is 5. The number of rotatable bonds is 3. The van der Waals surface area contributed by atoms with E-state index >= 15 is 0 Å². The Morgan fingerprint density at radius 2 is 2.11 bits per heavy atom. The zero-order valence-electron chi connectivity index (χ0n) is 15.8. The van der Waals surface area contributed by atoms with Crippen molar-refractivity contribution in [2.75, 3.05) is 27.3 Å². The summed E-state index contributed by atoms with van der Waals surface area (Å²) < 4.78 is 11.6. The number of hydrogen-bond donors (Lipinski definition) is 2. The van der Waals surface area contributed by atoms with Gasteiger partial charge in [0.05, 0.1) is 31.4 Å². The number of ether oxygens (including phenoxy) is 2. The Morgan fingerprint density at radius 1 is 1.44 bits per heavy atom. The number of hydrogen-bond acceptors (Lipinski definition) is 9. The maximum atomic E-state index is 12.4. The van der Waals surface area contributed by atoms with E-state index in [1.165, 1.54) is 11.9 Å². The lowest BCUT2D eigenvalue weighted by Gasteiger charge is -2.44. The first-order chi connectivity index (χ1) is 12.7. The first kappa shape index (κ1) is 19.5. The van der Waals surface area contributed by atoms with Crippen molar-refractivity contribution >= 4 is 11.7 Å². The van der Waals surface area contributed by atoms with E-state index in [1.54, 1.807) is 26.0 Å². The third kappa shape index (κ3) is 2.07. The van der Waals surface area contributed by atoms with E-state index in [9.17, 15) is 20.4 Å². The summed E-state index contributed by atoms with van der Waals surface area (Å²) in [6.45, 7) is 2.91. The molecule has 1 aliphatic carbocycles. The van der Waals surface area contributed by atoms with Crippen molar-refractivity contribution in [2.24, 2.45) is 27.5 Å². The van der Waals surface area contributed by atoms with Crippen LogP contribution < -0.4 is 5.73 Å². The van der Waals surface area contributed by atoms with Gasteiger partial charge in [-0.05, 0) is 12.3 Å². The largest absolute Gasteiger partial charge is 0.394 e. The van der Waals surface area contributed by atoms with Crippen LogP contribution in [-0.4, -0.2) is 72.2 Å². The number of hydrazine groups is 1. The molecule has 0 radical (unpaired) electrons. The Hall–Kier alpha value is -2.24. The van der Waals surface area contributed by atoms with Crippen molar-refractivity contribution in [3.63, 3.8) is 0 Å². The van der Waals surface area contributed by atoms with Gasteiger partial charge in [-0.3, -0.25) is 9.80 Å². The van der Waals surface area contributed by atoms with Crippen LogP contribution in [0.25, 0.3) is 0 Å². The molecule has 2 fully saturated rings. The lowest BCUT2D eigenvalue weighted by molar-refractivity contribution is -0.238. The first-order valence-corrected chi connectivity index (χ1v) is 8.75. The fraction of sp³-hybridized carbons (Fsp3) is 0.765. The van der Waals surface area contributed by atoms with Crippen LogP contribution in [0, 0.1) is 39.4 Å². The third-order valence-electron chi connectivity index (χ3n) is 6.00. The summed E-state index contributed by atoms with van der Waals surface area (Å²) in [6, 6.07) is 3.75. The van der Waals surface area contributed by atoms with Crippen LogP contribution in [0.4, 0.5) is 0 Å². The number of carbonyl (C=O) groups excluding carboxylic acids is 1. The van der Waals surface area contributed by atoms with Crippen molar-refractivity contribution in [2.45, 2.75) is 38.3 Å². The molecule has 0 bridgehead atoms. The second-order valence-corrected chi connectivity index (χ2v) is 7.52. The summed E-state index contributed by atoms with van der Waals surface area (Å²) in [7, 11) is 3.37. The quantitative estimate of drug-likeness (QED) is 0.607. The summed E-state index contributed by atoms with van der Waals surface area (Å²) in [4.78, 5) is 16.7. The Kier molecular flexibility index (Phi) is 4.44. The Balaban J connectivity index is 2.24. The fourth-order valence-electron chi connectivity index (χ4n) is 5.02. The number of aliphatic hydroxyl groups is 1. The zero-order chi connectivity index (χ0) is 20.2. The molecule has 1 amide bonds. The Labute approximate surface area is 157 Å². The highest BCUT2D eigenvalue weighted by Gasteiger charge is 2.83. The molecule has 3 aliphatic rings. The van der Waals surface area contributed by atoms with Crippen LogP contribution in [0.1, 0.15) is 20.3 Å². The number of amides is 1. The molecule has 0 aromatic carbocycles. The van der Waals surface area contributed by atoms with E-state index in [-0.39, 0.29) is 25.0 Å². The fourth-order valence-corrected chi connectivity index (χ4v) is 5.02. The topological polar surface area (TPSA) is 148 Å². The number of nitriles is 2. The molecular weight excluding hydrogens is 352 g/mol. The number of fused-ring (bicyclic) bond motifs is 2. The van der Waals surface area contributed by atoms with E-state index in [4.69, 9.17) is 15.2 Å². The van der Waals surface area contributed by atoms with Crippen LogP contribution in [0.2, 0.25) is 0 Å². The van der Waals surface area contributed by atoms with Crippen molar-refractivity contribution in [3.05, 3.63) is 0 Å². The van der Waals surface area contributed by atoms with Gasteiger partial charge in [0.25, 0.3) is 5.91 Å². The minimum absolute atomic E-state index is 0.0275. The number of amidine groups is 1. The molecule has 0 aromatic rings. The number of aliphatic imine (C=N–C) groups is 1. The van der Waals surface area contributed by atoms with Gasteiger partial charge in [-0.2, -0.15) is 10.5 Å². The van der Waals surface area contributed by atoms with Gasteiger partial charge in [-0.15, -0.1) is 0 Å². The van der Waals surface area contributed by atoms with Gasteiger partial charge in [0.15, 0.2) is 10.8 Å². The number of aliphatic hydroxyl groups excluding tert-OH is 1. The van der Waals surface area contributed by atoms with Crippen molar-refractivity contribution < 1.29 is 19.4 Å². The molecule has 1 spiro atoms. The van der Waals surface area contributed by atoms with Gasteiger partial charge in [-0.25, -0.2) is 10.0 Å². The highest BCUT2D eigenvalue weighted by atomic mass is 16.8. The van der Waals surface area contributed by atoms with Crippen LogP contribution in [0.5, 0.6) is 0 Å². The van der Waals surface area contributed by atoms with E-state index in [2.05, 4.69) is 17.1 Å². The molecular formula is C17H24N6O4. The molecule has 0 aromatic heterocycles. The minimum atomic E-state index is -1.78. The van der Waals surface area contributed by atoms with Crippen LogP contribution in [0.3, 0.4) is 0 Å². The predicted octanol–water partition coefficient (Wildman–Crippen LogP) is -0.828. The maximum absolute atomic E-state index is 12.4. The standard InChI is InChI=1S/C17H24N6O4/c1-10-5-13(23(11(2)25)22(3)4)15(8-18)14(20)21-17(16(10,15)9-19)26-7-12(6-24)27-17/h10,12-13,24H,5-7H2,1-4H3,(H2,20,21). The summed E-state index contributed by atoms with van der Waals surface area (Å²) >= 11 is 0. The molecule has 10 nitrogen and oxygen atoms in total. The second kappa shape index (κ2) is 6.14. The zero-order valence-corrected chi connectivity index (χ0v) is 15.8. The lowest BCUT2D eigenvalue weighted by atomic mass is 9.62. The summed E-state index contributed by atoms with van der Waals surface area (Å²) in [5.74, 6) is -2.57. The summed E-state index contributed by atoms with van der Waals surface area (Å²) in [5.41, 5.74) is 3.09. The molecule has 1 saturated carbocycles. The van der Waals surface area contributed by atoms with Gasteiger partial charge in [0.1, 0.15) is 11.9 Å². The minimum Gasteiger partial charge on any atom is -0.394 e. The molecule has 10 heteroatoms. The summed E-state index contributed by atoms with van der Waals surface area (Å²) in [6.07, 6.45) is -0.335. The van der Waals surface area contributed by atoms with Crippen LogP contribution >= 0.6 is 0 Å². The van der Waals surface area contributed by atoms with Crippen LogP contribution in [-0.2, 0) is 14.3 Å². The molecule has 3 N–H and O–H groups in total. The second-order valence-electron chi connectivity index (χ2n) is 7.52. The van der Waals surface area contributed by atoms with Gasteiger partial charge >= 0.3 is 0 Å². The SMILES string of the molecule is CC(=O)N(C1CC(C)C2(C#N)C3(N=C(N)C12C#N)OCC(CO)O3)N(C)C. The van der Waals surface area contributed by atoms with Gasteiger partial charge < -0.3 is 20.3 Å². The predicted molar refractivity (Wildman–Crippen MR) is 92.1 cm³/mol. The smallest absolute Gasteiger partial charge is 0.293 e. The summed E-state index contributed by atoms with van der Waals surface area (Å²) in [5, 5.41) is 33.0. The molecule has 6 atom stereocenters. The molecule has 2 heterocycles. The first-order valence-electron chi connectivity index (χ1n) is 8.75. The average molecular weight is 376 g/mol. The van der Waals surface area contributed by atoms with Gasteiger partial charge in [0, 0.05) is 21.0 Å². The molecule has 3 rings (SSSR count). The van der Waals surface area contributed by atoms with Crippen molar-refractivity contribution in [1.29, 1.82) is 10.5 Å². The normalized spacial score (nSPS) is 42.7. The van der Waals surface area contributed by atoms with E-state index in [1.807, 2.05) is 0 Å². The van der Waals surface area contributed by atoms with E-state index < -0.39 is 34.8 Å². The van der Waals surface area contributed by atoms with Crippen molar-refractivity contribution in [3.8, 4) is 12.1 Å².